The van der Waals surface area contributed by atoms with E-state index in [1.807, 2.05) is 39.8 Å². The van der Waals surface area contributed by atoms with E-state index in [0.29, 0.717) is 27.7 Å². The summed E-state index contributed by atoms with van der Waals surface area (Å²) in [4.78, 5) is 28.5. The van der Waals surface area contributed by atoms with E-state index in [1.165, 1.54) is 17.0 Å². The van der Waals surface area contributed by atoms with E-state index in [9.17, 15) is 18.0 Å². The third-order valence-corrected chi connectivity index (χ3v) is 9.00. The van der Waals surface area contributed by atoms with Crippen LogP contribution in [0.5, 0.6) is 0 Å². The highest BCUT2D eigenvalue weighted by Gasteiger charge is 2.34. The maximum absolute atomic E-state index is 14.1. The van der Waals surface area contributed by atoms with Crippen LogP contribution in [-0.2, 0) is 32.6 Å². The number of hydrogen-bond acceptors (Lipinski definition) is 4. The van der Waals surface area contributed by atoms with Crippen LogP contribution in [0.2, 0.25) is 10.0 Å². The van der Waals surface area contributed by atoms with E-state index in [-0.39, 0.29) is 23.4 Å². The second-order valence-corrected chi connectivity index (χ2v) is 12.5. The minimum atomic E-state index is -4.15. The summed E-state index contributed by atoms with van der Waals surface area (Å²) in [5.74, 6) is -0.961. The van der Waals surface area contributed by atoms with Crippen molar-refractivity contribution in [1.29, 1.82) is 0 Å². The van der Waals surface area contributed by atoms with Crippen LogP contribution < -0.4 is 9.62 Å². The molecule has 0 aromatic heterocycles. The van der Waals surface area contributed by atoms with Crippen LogP contribution in [0.3, 0.4) is 0 Å². The highest BCUT2D eigenvalue weighted by Crippen LogP contribution is 2.30. The minimum Gasteiger partial charge on any atom is -0.352 e. The first kappa shape index (κ1) is 31.5. The first-order valence-electron chi connectivity index (χ1n) is 13.1. The zero-order chi connectivity index (χ0) is 29.6. The average Bonchev–Trinajstić information content (AvgIpc) is 2.91. The van der Waals surface area contributed by atoms with Gasteiger partial charge < -0.3 is 10.2 Å². The largest absolute Gasteiger partial charge is 0.352 e. The van der Waals surface area contributed by atoms with Crippen molar-refractivity contribution in [1.82, 2.24) is 10.2 Å². The first-order valence-corrected chi connectivity index (χ1v) is 15.3. The summed E-state index contributed by atoms with van der Waals surface area (Å²) < 4.78 is 29.2. The smallest absolute Gasteiger partial charge is 0.264 e. The number of sulfonamides is 1. The normalized spacial score (nSPS) is 12.2. The van der Waals surface area contributed by atoms with Gasteiger partial charge in [0.15, 0.2) is 0 Å². The minimum absolute atomic E-state index is 0.0584. The molecule has 2 amide bonds. The maximum Gasteiger partial charge on any atom is 0.264 e. The Kier molecular flexibility index (Phi) is 10.6. The van der Waals surface area contributed by atoms with Crippen LogP contribution in [0, 0.1) is 6.92 Å². The molecule has 10 heteroatoms. The van der Waals surface area contributed by atoms with Crippen molar-refractivity contribution in [2.24, 2.45) is 0 Å². The molecule has 3 rings (SSSR count). The van der Waals surface area contributed by atoms with Crippen LogP contribution in [0.25, 0.3) is 0 Å². The molecule has 0 aliphatic carbocycles. The Bertz CT molecular complexity index is 1440. The monoisotopic (exact) mass is 603 g/mol. The molecule has 0 aliphatic rings. The van der Waals surface area contributed by atoms with Crippen molar-refractivity contribution in [3.8, 4) is 0 Å². The van der Waals surface area contributed by atoms with Crippen molar-refractivity contribution in [3.05, 3.63) is 93.5 Å². The SMILES string of the molecule is CCc1ccccc1N(CC(=O)N(Cc1c(Cl)cccc1Cl)[C@@H](C)C(=O)NC(C)C)S(=O)(=O)c1ccc(C)cc1. The van der Waals surface area contributed by atoms with Crippen LogP contribution in [0.15, 0.2) is 71.6 Å². The third kappa shape index (κ3) is 7.36. The molecule has 0 bridgehead atoms. The summed E-state index contributed by atoms with van der Waals surface area (Å²) in [7, 11) is -4.15. The number of benzene rings is 3. The Morgan fingerprint density at radius 3 is 2.08 bits per heavy atom. The number of rotatable bonds is 11. The number of para-hydroxylation sites is 1. The summed E-state index contributed by atoms with van der Waals surface area (Å²) in [6, 6.07) is 17.4. The Morgan fingerprint density at radius 2 is 1.50 bits per heavy atom. The van der Waals surface area contributed by atoms with Crippen LogP contribution in [0.4, 0.5) is 5.69 Å². The number of aryl methyl sites for hydroxylation is 2. The van der Waals surface area contributed by atoms with Crippen molar-refractivity contribution in [2.75, 3.05) is 10.8 Å². The number of hydrogen-bond donors (Lipinski definition) is 1. The van der Waals surface area contributed by atoms with Gasteiger partial charge in [-0.05, 0) is 70.0 Å². The molecule has 7 nitrogen and oxygen atoms in total. The molecule has 1 atom stereocenters. The zero-order valence-electron chi connectivity index (χ0n) is 23.3. The summed E-state index contributed by atoms with van der Waals surface area (Å²) in [6.45, 7) is 8.40. The molecule has 0 unspecified atom stereocenters. The Morgan fingerprint density at radius 1 is 0.900 bits per heavy atom. The fourth-order valence-electron chi connectivity index (χ4n) is 4.25. The summed E-state index contributed by atoms with van der Waals surface area (Å²) in [5, 5.41) is 3.50. The maximum atomic E-state index is 14.1. The van der Waals surface area contributed by atoms with Gasteiger partial charge >= 0.3 is 0 Å². The Hall–Kier alpha value is -3.07. The molecular weight excluding hydrogens is 569 g/mol. The number of amides is 2. The molecule has 0 saturated heterocycles. The first-order chi connectivity index (χ1) is 18.9. The Labute approximate surface area is 247 Å². The lowest BCUT2D eigenvalue weighted by Crippen LogP contribution is -2.52. The number of nitrogens with zero attached hydrogens (tertiary/aromatic N) is 2. The van der Waals surface area contributed by atoms with Crippen molar-refractivity contribution < 1.29 is 18.0 Å². The van der Waals surface area contributed by atoms with E-state index >= 15 is 0 Å². The molecule has 0 heterocycles. The quantitative estimate of drug-likeness (QED) is 0.291. The fraction of sp³-hybridized carbons (Fsp3) is 0.333. The van der Waals surface area contributed by atoms with Crippen molar-refractivity contribution >= 4 is 50.7 Å². The van der Waals surface area contributed by atoms with Gasteiger partial charge in [0.1, 0.15) is 12.6 Å². The summed E-state index contributed by atoms with van der Waals surface area (Å²) >= 11 is 12.8. The number of carbonyl (C=O) groups is 2. The van der Waals surface area contributed by atoms with Crippen LogP contribution >= 0.6 is 23.2 Å². The molecule has 0 spiro atoms. The predicted octanol–water partition coefficient (Wildman–Crippen LogP) is 6.00. The number of carbonyl (C=O) groups excluding carboxylic acids is 2. The Balaban J connectivity index is 2.11. The predicted molar refractivity (Wildman–Crippen MR) is 161 cm³/mol. The average molecular weight is 605 g/mol. The standard InChI is InChI=1S/C30H35Cl2N3O4S/c1-6-23-10-7-8-13-28(23)35(40(38,39)24-16-14-21(4)15-17-24)19-29(36)34(22(5)30(37)33-20(2)3)18-25-26(31)11-9-12-27(25)32/h7-17,20,22H,6,18-19H2,1-5H3,(H,33,37)/t22-/m0/s1. The molecule has 1 N–H and O–H groups in total. The number of halogens is 2. The van der Waals surface area contributed by atoms with Gasteiger partial charge in [-0.2, -0.15) is 0 Å². The van der Waals surface area contributed by atoms with E-state index in [2.05, 4.69) is 5.32 Å². The van der Waals surface area contributed by atoms with Gasteiger partial charge in [-0.15, -0.1) is 0 Å². The van der Waals surface area contributed by atoms with Gasteiger partial charge in [-0.25, -0.2) is 8.42 Å². The molecule has 40 heavy (non-hydrogen) atoms. The molecule has 0 aliphatic heterocycles. The second kappa shape index (κ2) is 13.5. The molecule has 214 valence electrons. The third-order valence-electron chi connectivity index (χ3n) is 6.52. The van der Waals surface area contributed by atoms with Gasteiger partial charge in [-0.3, -0.25) is 13.9 Å². The summed E-state index contributed by atoms with van der Waals surface area (Å²) in [6.07, 6.45) is 0.552. The zero-order valence-corrected chi connectivity index (χ0v) is 25.6. The molecule has 0 radical (unpaired) electrons. The van der Waals surface area contributed by atoms with Crippen molar-refractivity contribution in [2.45, 2.75) is 64.6 Å². The lowest BCUT2D eigenvalue weighted by Gasteiger charge is -2.33. The summed E-state index contributed by atoms with van der Waals surface area (Å²) in [5.41, 5.74) is 2.53. The van der Waals surface area contributed by atoms with Gasteiger partial charge in [-0.1, -0.05) is 72.1 Å². The van der Waals surface area contributed by atoms with Gasteiger partial charge in [0.2, 0.25) is 11.8 Å². The molecule has 0 fully saturated rings. The van der Waals surface area contributed by atoms with E-state index < -0.39 is 28.5 Å². The lowest BCUT2D eigenvalue weighted by molar-refractivity contribution is -0.139. The van der Waals surface area contributed by atoms with Gasteiger partial charge in [0.25, 0.3) is 10.0 Å². The molecule has 3 aromatic rings. The van der Waals surface area contributed by atoms with Gasteiger partial charge in [0.05, 0.1) is 10.6 Å². The van der Waals surface area contributed by atoms with Crippen molar-refractivity contribution in [3.63, 3.8) is 0 Å². The molecule has 0 saturated carbocycles. The fourth-order valence-corrected chi connectivity index (χ4v) is 6.21. The number of anilines is 1. The van der Waals surface area contributed by atoms with E-state index in [4.69, 9.17) is 23.2 Å². The highest BCUT2D eigenvalue weighted by atomic mass is 35.5. The highest BCUT2D eigenvalue weighted by molar-refractivity contribution is 7.92. The van der Waals surface area contributed by atoms with E-state index in [0.717, 1.165) is 15.4 Å². The van der Waals surface area contributed by atoms with Crippen LogP contribution in [-0.4, -0.2) is 43.8 Å². The molecular formula is C30H35Cl2N3O4S. The van der Waals surface area contributed by atoms with Gasteiger partial charge in [0, 0.05) is 28.2 Å². The lowest BCUT2D eigenvalue weighted by atomic mass is 10.1. The second-order valence-electron chi connectivity index (χ2n) is 9.87. The van der Waals surface area contributed by atoms with E-state index in [1.54, 1.807) is 49.4 Å². The topological polar surface area (TPSA) is 86.8 Å². The van der Waals surface area contributed by atoms with Crippen LogP contribution in [0.1, 0.15) is 44.4 Å². The number of nitrogens with one attached hydrogen (secondary N) is 1. The molecule has 3 aromatic carbocycles.